The van der Waals surface area contributed by atoms with E-state index in [0.29, 0.717) is 0 Å². The molecule has 34 heavy (non-hydrogen) atoms. The minimum atomic E-state index is -6.51. The van der Waals surface area contributed by atoms with Crippen LogP contribution < -0.4 is 5.56 Å². The van der Waals surface area contributed by atoms with Crippen molar-refractivity contribution in [2.24, 2.45) is 0 Å². The first-order chi connectivity index (χ1) is 15.1. The van der Waals surface area contributed by atoms with E-state index in [-0.39, 0.29) is 12.1 Å². The molecule has 2 unspecified atom stereocenters. The number of rotatable bonds is 5. The molecule has 0 amide bonds. The van der Waals surface area contributed by atoms with Crippen LogP contribution in [0.5, 0.6) is 0 Å². The maximum atomic E-state index is 14.1. The Kier molecular flexibility index (Phi) is 7.22. The highest BCUT2D eigenvalue weighted by molar-refractivity contribution is 6.22. The lowest BCUT2D eigenvalue weighted by atomic mass is 10.0. The average molecular weight is 559 g/mol. The lowest BCUT2D eigenvalue weighted by molar-refractivity contribution is -0.284. The number of aromatic amines is 1. The number of hydrogen-bond donors (Lipinski definition) is 1. The molecule has 0 aliphatic rings. The number of nitrogens with zero attached hydrogens (tertiary/aromatic N) is 1. The summed E-state index contributed by atoms with van der Waals surface area (Å²) in [6.07, 6.45) is -13.0. The van der Waals surface area contributed by atoms with E-state index in [2.05, 4.69) is 4.98 Å². The zero-order chi connectivity index (χ0) is 26.6. The van der Waals surface area contributed by atoms with Crippen molar-refractivity contribution in [3.63, 3.8) is 0 Å². The van der Waals surface area contributed by atoms with E-state index in [1.54, 1.807) is 0 Å². The van der Waals surface area contributed by atoms with Gasteiger partial charge in [0.1, 0.15) is 23.1 Å². The summed E-state index contributed by atoms with van der Waals surface area (Å²) >= 11 is 10.0. The summed E-state index contributed by atoms with van der Waals surface area (Å²) in [5.74, 6) is -17.7. The monoisotopic (exact) mass is 558 g/mol. The van der Waals surface area contributed by atoms with Crippen LogP contribution in [0.2, 0.25) is 0 Å². The third-order valence-corrected chi connectivity index (χ3v) is 5.06. The highest BCUT2D eigenvalue weighted by atomic mass is 35.5. The number of aromatic nitrogens is 2. The molecular weight excluding hydrogens is 554 g/mol. The first kappa shape index (κ1) is 28.0. The van der Waals surface area contributed by atoms with Crippen molar-refractivity contribution < 1.29 is 57.1 Å². The zero-order valence-electron chi connectivity index (χ0n) is 15.3. The van der Waals surface area contributed by atoms with E-state index in [9.17, 15) is 61.9 Å². The molecule has 0 fully saturated rings. The highest BCUT2D eigenvalue weighted by Gasteiger charge is 2.65. The van der Waals surface area contributed by atoms with Crippen molar-refractivity contribution in [2.75, 3.05) is 0 Å². The lowest BCUT2D eigenvalue weighted by Gasteiger charge is -2.27. The first-order valence-electron chi connectivity index (χ1n) is 8.10. The molecule has 2 aromatic rings. The van der Waals surface area contributed by atoms with Gasteiger partial charge in [0, 0.05) is 12.1 Å². The molecule has 3 nitrogen and oxygen atoms in total. The van der Waals surface area contributed by atoms with E-state index in [1.165, 1.54) is 4.98 Å². The molecular formula is C16H5Cl2F13N2O. The Balaban J connectivity index is 2.94. The van der Waals surface area contributed by atoms with E-state index in [1.807, 2.05) is 0 Å². The SMILES string of the molecule is O=c1[nH]c(-c2c(F)cc(F)cc2F)c(C(Cl)C(F)(F)C(F)(F)F)nc1C(Cl)C(F)(F)C(F)(F)F. The van der Waals surface area contributed by atoms with Crippen molar-refractivity contribution in [1.82, 2.24) is 9.97 Å². The molecule has 0 saturated carbocycles. The van der Waals surface area contributed by atoms with E-state index >= 15 is 0 Å². The Morgan fingerprint density at radius 1 is 0.735 bits per heavy atom. The zero-order valence-corrected chi connectivity index (χ0v) is 16.8. The number of H-pyrrole nitrogens is 1. The van der Waals surface area contributed by atoms with Crippen molar-refractivity contribution in [3.8, 4) is 11.3 Å². The van der Waals surface area contributed by atoms with Crippen LogP contribution in [0.15, 0.2) is 16.9 Å². The molecule has 0 radical (unpaired) electrons. The predicted octanol–water partition coefficient (Wildman–Crippen LogP) is 6.81. The summed E-state index contributed by atoms with van der Waals surface area (Å²) in [6.45, 7) is 0. The fourth-order valence-corrected chi connectivity index (χ4v) is 2.99. The van der Waals surface area contributed by atoms with Crippen molar-refractivity contribution in [3.05, 3.63) is 51.3 Å². The molecule has 1 heterocycles. The Labute approximate surface area is 188 Å². The van der Waals surface area contributed by atoms with Gasteiger partial charge in [0.25, 0.3) is 5.56 Å². The fraction of sp³-hybridized carbons (Fsp3) is 0.375. The van der Waals surface area contributed by atoms with Gasteiger partial charge in [-0.05, 0) is 0 Å². The third-order valence-electron chi connectivity index (χ3n) is 4.10. The first-order valence-corrected chi connectivity index (χ1v) is 8.98. The number of hydrogen-bond acceptors (Lipinski definition) is 2. The van der Waals surface area contributed by atoms with Gasteiger partial charge in [0.05, 0.1) is 17.0 Å². The second-order valence-corrected chi connectivity index (χ2v) is 7.30. The van der Waals surface area contributed by atoms with Crippen LogP contribution in [0.4, 0.5) is 57.1 Å². The van der Waals surface area contributed by atoms with Crippen molar-refractivity contribution in [2.45, 2.75) is 35.0 Å². The molecule has 1 aromatic heterocycles. The highest BCUT2D eigenvalue weighted by Crippen LogP contribution is 2.51. The topological polar surface area (TPSA) is 45.8 Å². The van der Waals surface area contributed by atoms with Gasteiger partial charge < -0.3 is 4.98 Å². The Morgan fingerprint density at radius 3 is 1.50 bits per heavy atom. The van der Waals surface area contributed by atoms with Crippen LogP contribution >= 0.6 is 23.2 Å². The largest absolute Gasteiger partial charge is 0.455 e. The van der Waals surface area contributed by atoms with Gasteiger partial charge in [0.15, 0.2) is 10.8 Å². The number of alkyl halides is 12. The number of nitrogens with one attached hydrogen (secondary N) is 1. The summed E-state index contributed by atoms with van der Waals surface area (Å²) in [4.78, 5) is 15.9. The molecule has 18 heteroatoms. The van der Waals surface area contributed by atoms with Gasteiger partial charge in [-0.25, -0.2) is 18.2 Å². The summed E-state index contributed by atoms with van der Waals surface area (Å²) < 4.78 is 172. The van der Waals surface area contributed by atoms with Gasteiger partial charge in [-0.2, -0.15) is 43.9 Å². The Hall–Kier alpha value is -2.23. The van der Waals surface area contributed by atoms with Crippen molar-refractivity contribution >= 4 is 23.2 Å². The summed E-state index contributed by atoms with van der Waals surface area (Å²) in [7, 11) is 0. The Bertz CT molecular complexity index is 1120. The van der Waals surface area contributed by atoms with Crippen LogP contribution in [-0.4, -0.2) is 34.2 Å². The summed E-state index contributed by atoms with van der Waals surface area (Å²) in [6, 6.07) is -0.247. The predicted molar refractivity (Wildman–Crippen MR) is 89.4 cm³/mol. The van der Waals surface area contributed by atoms with Crippen LogP contribution in [0.25, 0.3) is 11.3 Å². The maximum absolute atomic E-state index is 14.1. The van der Waals surface area contributed by atoms with Crippen LogP contribution in [0.1, 0.15) is 22.1 Å². The Morgan fingerprint density at radius 2 is 1.12 bits per heavy atom. The lowest BCUT2D eigenvalue weighted by Crippen LogP contribution is -2.43. The minimum absolute atomic E-state index is 0.123. The smallest absolute Gasteiger partial charge is 0.319 e. The molecule has 0 spiro atoms. The molecule has 1 aromatic carbocycles. The second-order valence-electron chi connectivity index (χ2n) is 6.42. The van der Waals surface area contributed by atoms with Crippen LogP contribution in [0, 0.1) is 17.5 Å². The van der Waals surface area contributed by atoms with Crippen LogP contribution in [0.3, 0.4) is 0 Å². The standard InChI is InChI=1S/C16H5Cl2F13N2O/c17-10(13(22,23)15(26,27)28)8-7(6-4(20)1-3(19)2-5(6)21)33-12(34)9(32-8)11(18)14(24,25)16(29,30)31/h1-2,10-11H,(H,33,34). The van der Waals surface area contributed by atoms with Crippen LogP contribution in [-0.2, 0) is 0 Å². The van der Waals surface area contributed by atoms with Gasteiger partial charge in [-0.3, -0.25) is 4.79 Å². The van der Waals surface area contributed by atoms with Gasteiger partial charge in [-0.1, -0.05) is 0 Å². The quantitative estimate of drug-likeness (QED) is 0.324. The third kappa shape index (κ3) is 4.78. The van der Waals surface area contributed by atoms with E-state index in [4.69, 9.17) is 23.2 Å². The molecule has 190 valence electrons. The number of benzene rings is 1. The normalized spacial score (nSPS) is 15.4. The molecule has 0 aliphatic heterocycles. The van der Waals surface area contributed by atoms with Crippen molar-refractivity contribution in [1.29, 1.82) is 0 Å². The molecule has 2 atom stereocenters. The van der Waals surface area contributed by atoms with Gasteiger partial charge in [0.2, 0.25) is 0 Å². The molecule has 2 rings (SSSR count). The van der Waals surface area contributed by atoms with E-state index in [0.717, 1.165) is 0 Å². The summed E-state index contributed by atoms with van der Waals surface area (Å²) in [5.41, 5.74) is -9.87. The molecule has 1 N–H and O–H groups in total. The van der Waals surface area contributed by atoms with Gasteiger partial charge >= 0.3 is 24.2 Å². The minimum Gasteiger partial charge on any atom is -0.319 e. The number of halogens is 15. The molecule has 0 bridgehead atoms. The summed E-state index contributed by atoms with van der Waals surface area (Å²) in [5, 5.41) is -7.67. The molecule has 0 saturated heterocycles. The fourth-order valence-electron chi connectivity index (χ4n) is 2.44. The average Bonchev–Trinajstić information content (AvgIpc) is 2.64. The van der Waals surface area contributed by atoms with Gasteiger partial charge in [-0.15, -0.1) is 23.2 Å². The van der Waals surface area contributed by atoms with E-state index < -0.39 is 80.6 Å². The maximum Gasteiger partial charge on any atom is 0.455 e. The molecule has 0 aliphatic carbocycles. The second kappa shape index (κ2) is 8.77.